The van der Waals surface area contributed by atoms with Crippen LogP contribution in [0.15, 0.2) is 36.7 Å². The predicted molar refractivity (Wildman–Crippen MR) is 99.2 cm³/mol. The number of benzene rings is 1. The Balaban J connectivity index is 1.40. The summed E-state index contributed by atoms with van der Waals surface area (Å²) < 4.78 is 6.26. The fourth-order valence-electron chi connectivity index (χ4n) is 4.69. The molecule has 0 radical (unpaired) electrons. The highest BCUT2D eigenvalue weighted by atomic mass is 16.5. The smallest absolute Gasteiger partial charge is 0.134 e. The van der Waals surface area contributed by atoms with Gasteiger partial charge in [0, 0.05) is 19.2 Å². The molecule has 6 nitrogen and oxygen atoms in total. The molecule has 136 valence electrons. The molecule has 3 aliphatic heterocycles. The minimum absolute atomic E-state index is 0.174. The molecule has 3 aliphatic rings. The zero-order valence-electron chi connectivity index (χ0n) is 14.8. The van der Waals surface area contributed by atoms with Gasteiger partial charge in [0.15, 0.2) is 0 Å². The number of hydrogen-bond acceptors (Lipinski definition) is 6. The van der Waals surface area contributed by atoms with Crippen LogP contribution in [0.5, 0.6) is 0 Å². The van der Waals surface area contributed by atoms with Crippen LogP contribution in [0, 0.1) is 0 Å². The van der Waals surface area contributed by atoms with Crippen LogP contribution < -0.4 is 9.80 Å². The van der Waals surface area contributed by atoms with Crippen molar-refractivity contribution < 1.29 is 9.84 Å². The lowest BCUT2D eigenvalue weighted by Gasteiger charge is -2.27. The van der Waals surface area contributed by atoms with Crippen LogP contribution in [0.1, 0.15) is 30.4 Å². The van der Waals surface area contributed by atoms with E-state index < -0.39 is 0 Å². The molecule has 26 heavy (non-hydrogen) atoms. The van der Waals surface area contributed by atoms with E-state index in [2.05, 4.69) is 50.1 Å². The van der Waals surface area contributed by atoms with Crippen LogP contribution in [0.4, 0.5) is 11.6 Å². The van der Waals surface area contributed by atoms with E-state index in [1.807, 2.05) is 0 Å². The van der Waals surface area contributed by atoms with Gasteiger partial charge in [-0.2, -0.15) is 0 Å². The van der Waals surface area contributed by atoms with Crippen LogP contribution >= 0.6 is 0 Å². The van der Waals surface area contributed by atoms with Crippen LogP contribution in [-0.4, -0.2) is 47.4 Å². The van der Waals surface area contributed by atoms with E-state index in [9.17, 15) is 5.11 Å². The second kappa shape index (κ2) is 6.21. The summed E-state index contributed by atoms with van der Waals surface area (Å²) in [5.41, 5.74) is 2.43. The zero-order chi connectivity index (χ0) is 17.6. The number of ether oxygens (including phenoxy) is 1. The predicted octanol–water partition coefficient (Wildman–Crippen LogP) is 2.07. The average molecular weight is 352 g/mol. The van der Waals surface area contributed by atoms with Crippen molar-refractivity contribution in [3.63, 3.8) is 0 Å². The molecule has 5 rings (SSSR count). The van der Waals surface area contributed by atoms with E-state index in [-0.39, 0.29) is 18.2 Å². The molecule has 1 spiro atoms. The number of aliphatic hydroxyl groups is 1. The maximum atomic E-state index is 9.60. The number of nitrogens with zero attached hydrogens (tertiary/aromatic N) is 4. The molecule has 1 aromatic carbocycles. The first-order valence-electron chi connectivity index (χ1n) is 9.46. The molecule has 1 aromatic heterocycles. The summed E-state index contributed by atoms with van der Waals surface area (Å²) in [5.74, 6) is 1.86. The van der Waals surface area contributed by atoms with Gasteiger partial charge in [0.05, 0.1) is 25.8 Å². The van der Waals surface area contributed by atoms with Gasteiger partial charge in [-0.3, -0.25) is 0 Å². The third-order valence-electron chi connectivity index (χ3n) is 6.09. The van der Waals surface area contributed by atoms with Gasteiger partial charge in [0.2, 0.25) is 0 Å². The standard InChI is InChI=1S/C20H24N4O2/c25-11-16-5-3-8-24(16)19-10-18(21-14-22-19)23-9-7-20(13-23)17-6-2-1-4-15(17)12-26-20/h1-2,4,6,10,14,16,25H,3,5,7-9,11-13H2. The number of anilines is 2. The van der Waals surface area contributed by atoms with Gasteiger partial charge >= 0.3 is 0 Å². The molecule has 2 aromatic rings. The molecule has 6 heteroatoms. The lowest BCUT2D eigenvalue weighted by molar-refractivity contribution is -0.0205. The summed E-state index contributed by atoms with van der Waals surface area (Å²) >= 11 is 0. The monoisotopic (exact) mass is 352 g/mol. The van der Waals surface area contributed by atoms with Gasteiger partial charge in [0.25, 0.3) is 0 Å². The van der Waals surface area contributed by atoms with E-state index in [1.54, 1.807) is 6.33 Å². The molecule has 2 fully saturated rings. The molecule has 0 bridgehead atoms. The highest BCUT2D eigenvalue weighted by Crippen LogP contribution is 2.44. The van der Waals surface area contributed by atoms with Crippen molar-refractivity contribution in [2.75, 3.05) is 36.0 Å². The van der Waals surface area contributed by atoms with Crippen molar-refractivity contribution in [1.82, 2.24) is 9.97 Å². The summed E-state index contributed by atoms with van der Waals surface area (Å²) in [6.45, 7) is 3.57. The van der Waals surface area contributed by atoms with Crippen molar-refractivity contribution in [3.8, 4) is 0 Å². The summed E-state index contributed by atoms with van der Waals surface area (Å²) in [5, 5.41) is 9.60. The Labute approximate surface area is 153 Å². The van der Waals surface area contributed by atoms with Crippen molar-refractivity contribution >= 4 is 11.6 Å². The third kappa shape index (κ3) is 2.47. The fraction of sp³-hybridized carbons (Fsp3) is 0.500. The first-order chi connectivity index (χ1) is 12.8. The first-order valence-corrected chi connectivity index (χ1v) is 9.46. The minimum Gasteiger partial charge on any atom is -0.394 e. The average Bonchev–Trinajstić information content (AvgIpc) is 3.42. The van der Waals surface area contributed by atoms with Crippen molar-refractivity contribution in [2.45, 2.75) is 37.5 Å². The Bertz CT molecular complexity index is 814. The molecule has 0 amide bonds. The van der Waals surface area contributed by atoms with E-state index in [4.69, 9.17) is 4.74 Å². The maximum absolute atomic E-state index is 9.60. The zero-order valence-corrected chi connectivity index (χ0v) is 14.8. The van der Waals surface area contributed by atoms with Crippen molar-refractivity contribution in [2.24, 2.45) is 0 Å². The number of fused-ring (bicyclic) bond motifs is 2. The van der Waals surface area contributed by atoms with E-state index in [0.29, 0.717) is 6.61 Å². The quantitative estimate of drug-likeness (QED) is 0.913. The highest BCUT2D eigenvalue weighted by molar-refractivity contribution is 5.53. The Hall–Kier alpha value is -2.18. The first kappa shape index (κ1) is 16.0. The molecule has 4 heterocycles. The minimum atomic E-state index is -0.205. The topological polar surface area (TPSA) is 61.7 Å². The van der Waals surface area contributed by atoms with Gasteiger partial charge in [-0.25, -0.2) is 9.97 Å². The van der Waals surface area contributed by atoms with E-state index >= 15 is 0 Å². The summed E-state index contributed by atoms with van der Waals surface area (Å²) in [4.78, 5) is 13.5. The molecule has 2 saturated heterocycles. The molecule has 0 aliphatic carbocycles. The van der Waals surface area contributed by atoms with Crippen LogP contribution in [0.2, 0.25) is 0 Å². The van der Waals surface area contributed by atoms with Crippen molar-refractivity contribution in [1.29, 1.82) is 0 Å². The van der Waals surface area contributed by atoms with E-state index in [1.165, 1.54) is 11.1 Å². The summed E-state index contributed by atoms with van der Waals surface area (Å²) in [6.07, 6.45) is 4.74. The second-order valence-electron chi connectivity index (χ2n) is 7.52. The van der Waals surface area contributed by atoms with Crippen molar-refractivity contribution in [3.05, 3.63) is 47.8 Å². The molecule has 0 saturated carbocycles. The normalized spacial score (nSPS) is 27.5. The lowest BCUT2D eigenvalue weighted by atomic mass is 9.92. The highest BCUT2D eigenvalue weighted by Gasteiger charge is 2.45. The van der Waals surface area contributed by atoms with Crippen LogP contribution in [-0.2, 0) is 16.9 Å². The number of rotatable bonds is 3. The second-order valence-corrected chi connectivity index (χ2v) is 7.52. The molecule has 2 atom stereocenters. The van der Waals surface area contributed by atoms with E-state index in [0.717, 1.165) is 50.5 Å². The third-order valence-corrected chi connectivity index (χ3v) is 6.09. The van der Waals surface area contributed by atoms with Gasteiger partial charge in [-0.1, -0.05) is 24.3 Å². The summed E-state index contributed by atoms with van der Waals surface area (Å²) in [6, 6.07) is 10.8. The molecule has 1 N–H and O–H groups in total. The van der Waals surface area contributed by atoms with Crippen LogP contribution in [0.25, 0.3) is 0 Å². The Morgan fingerprint density at radius 2 is 2.08 bits per heavy atom. The van der Waals surface area contributed by atoms with Crippen LogP contribution in [0.3, 0.4) is 0 Å². The lowest BCUT2D eigenvalue weighted by Crippen LogP contribution is -2.33. The Kier molecular flexibility index (Phi) is 3.83. The summed E-state index contributed by atoms with van der Waals surface area (Å²) in [7, 11) is 0. The van der Waals surface area contributed by atoms with Gasteiger partial charge in [0.1, 0.15) is 23.6 Å². The Morgan fingerprint density at radius 1 is 1.19 bits per heavy atom. The number of hydrogen-bond donors (Lipinski definition) is 1. The number of aliphatic hydroxyl groups excluding tert-OH is 1. The van der Waals surface area contributed by atoms with Gasteiger partial charge < -0.3 is 19.6 Å². The molecule has 2 unspecified atom stereocenters. The SMILES string of the molecule is OCC1CCCN1c1cc(N2CCC3(C2)OCc2ccccc23)ncn1. The fourth-order valence-corrected chi connectivity index (χ4v) is 4.69. The largest absolute Gasteiger partial charge is 0.394 e. The van der Waals surface area contributed by atoms with Gasteiger partial charge in [-0.15, -0.1) is 0 Å². The number of aromatic nitrogens is 2. The van der Waals surface area contributed by atoms with Gasteiger partial charge in [-0.05, 0) is 30.4 Å². The molecular formula is C20H24N4O2. The maximum Gasteiger partial charge on any atom is 0.134 e. The Morgan fingerprint density at radius 3 is 3.00 bits per heavy atom. The molecular weight excluding hydrogens is 328 g/mol.